The number of aromatic nitrogens is 1. The monoisotopic (exact) mass is 402 g/mol. The fourth-order valence-electron chi connectivity index (χ4n) is 2.82. The smallest absolute Gasteiger partial charge is 0.267 e. The van der Waals surface area contributed by atoms with Gasteiger partial charge in [0, 0.05) is 28.5 Å². The number of nitrogens with one attached hydrogen (secondary N) is 1. The van der Waals surface area contributed by atoms with Crippen LogP contribution in [0.2, 0.25) is 5.02 Å². The van der Waals surface area contributed by atoms with Crippen molar-refractivity contribution in [2.45, 2.75) is 0 Å². The molecule has 142 valence electrons. The van der Waals surface area contributed by atoms with Crippen molar-refractivity contribution < 1.29 is 9.59 Å². The van der Waals surface area contributed by atoms with Crippen LogP contribution in [0.4, 0.5) is 0 Å². The van der Waals surface area contributed by atoms with Crippen molar-refractivity contribution in [2.75, 3.05) is 0 Å². The van der Waals surface area contributed by atoms with Crippen LogP contribution in [-0.4, -0.2) is 27.6 Å². The highest BCUT2D eigenvalue weighted by molar-refractivity contribution is 6.32. The minimum absolute atomic E-state index is 0.149. The summed E-state index contributed by atoms with van der Waals surface area (Å²) in [5, 5.41) is 1.65. The summed E-state index contributed by atoms with van der Waals surface area (Å²) in [6, 6.07) is 19.5. The Hall–Kier alpha value is -3.77. The molecule has 1 N–H and O–H groups in total. The van der Waals surface area contributed by atoms with Crippen molar-refractivity contribution in [2.24, 2.45) is 4.99 Å². The molecule has 2 heterocycles. The normalized spacial score (nSPS) is 15.1. The molecule has 0 bridgehead atoms. The third-order valence-electron chi connectivity index (χ3n) is 4.24. The highest BCUT2D eigenvalue weighted by Crippen LogP contribution is 2.22. The summed E-state index contributed by atoms with van der Waals surface area (Å²) in [5.41, 5.74) is 4.50. The minimum atomic E-state index is -0.507. The zero-order valence-electron chi connectivity index (χ0n) is 15.1. The van der Waals surface area contributed by atoms with Crippen molar-refractivity contribution in [3.63, 3.8) is 0 Å². The number of hydrazine groups is 1. The molecule has 29 heavy (non-hydrogen) atoms. The second kappa shape index (κ2) is 8.08. The molecule has 3 aromatic rings. The van der Waals surface area contributed by atoms with E-state index in [0.717, 1.165) is 5.01 Å². The number of halogens is 1. The topological polar surface area (TPSA) is 74.7 Å². The van der Waals surface area contributed by atoms with E-state index in [4.69, 9.17) is 11.6 Å². The summed E-state index contributed by atoms with van der Waals surface area (Å²) in [5.74, 6) is -0.613. The van der Waals surface area contributed by atoms with Gasteiger partial charge in [0.1, 0.15) is 5.70 Å². The molecular weight excluding hydrogens is 388 g/mol. The molecule has 1 aromatic heterocycles. The number of hydrogen-bond donors (Lipinski definition) is 1. The van der Waals surface area contributed by atoms with Gasteiger partial charge in [0.05, 0.1) is 0 Å². The average molecular weight is 403 g/mol. The Labute approximate surface area is 172 Å². The van der Waals surface area contributed by atoms with E-state index in [0.29, 0.717) is 27.5 Å². The second-order valence-corrected chi connectivity index (χ2v) is 6.58. The maximum absolute atomic E-state index is 13.0. The number of benzene rings is 2. The first-order valence-electron chi connectivity index (χ1n) is 8.79. The van der Waals surface area contributed by atoms with Gasteiger partial charge in [-0.15, -0.1) is 0 Å². The van der Waals surface area contributed by atoms with Crippen LogP contribution in [-0.2, 0) is 4.79 Å². The molecule has 6 nitrogen and oxygen atoms in total. The van der Waals surface area contributed by atoms with Crippen LogP contribution in [0.1, 0.15) is 21.5 Å². The number of carbonyl (C=O) groups is 2. The molecule has 7 heteroatoms. The van der Waals surface area contributed by atoms with Crippen molar-refractivity contribution in [3.8, 4) is 0 Å². The van der Waals surface area contributed by atoms with Crippen LogP contribution in [0.25, 0.3) is 6.08 Å². The minimum Gasteiger partial charge on any atom is -0.267 e. The van der Waals surface area contributed by atoms with Crippen LogP contribution >= 0.6 is 11.6 Å². The van der Waals surface area contributed by atoms with Gasteiger partial charge in [-0.25, -0.2) is 4.99 Å². The Bertz CT molecular complexity index is 1130. The van der Waals surface area contributed by atoms with Gasteiger partial charge < -0.3 is 0 Å². The molecule has 0 aliphatic carbocycles. The summed E-state index contributed by atoms with van der Waals surface area (Å²) in [6.45, 7) is 0. The first-order chi connectivity index (χ1) is 14.1. The van der Waals surface area contributed by atoms with Gasteiger partial charge in [-0.2, -0.15) is 5.01 Å². The molecule has 4 rings (SSSR count). The lowest BCUT2D eigenvalue weighted by molar-refractivity contribution is -0.120. The fraction of sp³-hybridized carbons (Fsp3) is 0. The molecule has 1 aliphatic heterocycles. The lowest BCUT2D eigenvalue weighted by Crippen LogP contribution is -2.53. The maximum atomic E-state index is 13.0. The lowest BCUT2D eigenvalue weighted by atomic mass is 10.1. The van der Waals surface area contributed by atoms with Crippen molar-refractivity contribution in [3.05, 3.63) is 107 Å². The van der Waals surface area contributed by atoms with E-state index in [-0.39, 0.29) is 5.70 Å². The van der Waals surface area contributed by atoms with E-state index < -0.39 is 11.8 Å². The molecule has 0 fully saturated rings. The quantitative estimate of drug-likeness (QED) is 0.678. The number of amidine groups is 1. The summed E-state index contributed by atoms with van der Waals surface area (Å²) in [4.78, 5) is 34.1. The molecule has 0 unspecified atom stereocenters. The number of amides is 2. The Morgan fingerprint density at radius 2 is 1.66 bits per heavy atom. The molecule has 0 spiro atoms. The summed E-state index contributed by atoms with van der Waals surface area (Å²) in [6.07, 6.45) is 4.62. The number of rotatable bonds is 3. The van der Waals surface area contributed by atoms with E-state index in [2.05, 4.69) is 15.4 Å². The number of carbonyl (C=O) groups excluding carboxylic acids is 2. The molecule has 0 saturated heterocycles. The van der Waals surface area contributed by atoms with Crippen LogP contribution in [0.3, 0.4) is 0 Å². The average Bonchev–Trinajstić information content (AvgIpc) is 2.77. The molecule has 0 saturated carbocycles. The number of aliphatic imine (C=N–C) groups is 1. The van der Waals surface area contributed by atoms with E-state index in [1.54, 1.807) is 36.4 Å². The number of hydrogen-bond acceptors (Lipinski definition) is 4. The van der Waals surface area contributed by atoms with E-state index in [1.165, 1.54) is 12.4 Å². The highest BCUT2D eigenvalue weighted by Gasteiger charge is 2.30. The van der Waals surface area contributed by atoms with Crippen molar-refractivity contribution in [1.82, 2.24) is 15.4 Å². The third kappa shape index (κ3) is 3.93. The molecule has 2 aromatic carbocycles. The van der Waals surface area contributed by atoms with Gasteiger partial charge in [-0.05, 0) is 29.8 Å². The Morgan fingerprint density at radius 3 is 2.38 bits per heavy atom. The van der Waals surface area contributed by atoms with Gasteiger partial charge in [-0.3, -0.25) is 20.0 Å². The zero-order chi connectivity index (χ0) is 20.2. The van der Waals surface area contributed by atoms with Crippen LogP contribution in [0.5, 0.6) is 0 Å². The van der Waals surface area contributed by atoms with Gasteiger partial charge in [0.15, 0.2) is 5.84 Å². The Balaban J connectivity index is 1.81. The Kier molecular flexibility index (Phi) is 5.18. The summed E-state index contributed by atoms with van der Waals surface area (Å²) >= 11 is 6.21. The molecule has 0 radical (unpaired) electrons. The number of pyridine rings is 1. The highest BCUT2D eigenvalue weighted by atomic mass is 35.5. The molecular formula is C22H15ClN4O2. The Morgan fingerprint density at radius 1 is 0.966 bits per heavy atom. The van der Waals surface area contributed by atoms with E-state index in [1.807, 2.05) is 36.4 Å². The van der Waals surface area contributed by atoms with Crippen LogP contribution in [0.15, 0.2) is 89.8 Å². The van der Waals surface area contributed by atoms with Crippen molar-refractivity contribution in [1.29, 1.82) is 0 Å². The molecule has 0 atom stereocenters. The summed E-state index contributed by atoms with van der Waals surface area (Å²) in [7, 11) is 0. The van der Waals surface area contributed by atoms with E-state index in [9.17, 15) is 9.59 Å². The van der Waals surface area contributed by atoms with Gasteiger partial charge in [-0.1, -0.05) is 60.1 Å². The molecule has 2 amide bonds. The standard InChI is InChI=1S/C22H15ClN4O2/c23-18-9-5-4-8-17(18)14-19-21(28)26-27(22(29)16-10-12-24-13-11-16)20(25-19)15-6-2-1-3-7-15/h1-14H,(H,26,28)/b19-14+. The predicted octanol–water partition coefficient (Wildman–Crippen LogP) is 3.71. The van der Waals surface area contributed by atoms with Gasteiger partial charge >= 0.3 is 0 Å². The lowest BCUT2D eigenvalue weighted by Gasteiger charge is -2.28. The van der Waals surface area contributed by atoms with Gasteiger partial charge in [0.2, 0.25) is 0 Å². The van der Waals surface area contributed by atoms with E-state index >= 15 is 0 Å². The predicted molar refractivity (Wildman–Crippen MR) is 111 cm³/mol. The molecule has 1 aliphatic rings. The zero-order valence-corrected chi connectivity index (χ0v) is 15.9. The first-order valence-corrected chi connectivity index (χ1v) is 9.17. The largest absolute Gasteiger partial charge is 0.288 e. The number of nitrogens with zero attached hydrogens (tertiary/aromatic N) is 3. The maximum Gasteiger partial charge on any atom is 0.288 e. The summed E-state index contributed by atoms with van der Waals surface area (Å²) < 4.78 is 0. The van der Waals surface area contributed by atoms with Crippen LogP contribution < -0.4 is 5.43 Å². The second-order valence-electron chi connectivity index (χ2n) is 6.17. The van der Waals surface area contributed by atoms with Crippen molar-refractivity contribution >= 4 is 35.3 Å². The SMILES string of the molecule is O=C1NN(C(=O)c2ccncc2)C(c2ccccc2)=N/C1=C/c1ccccc1Cl. The van der Waals surface area contributed by atoms with Gasteiger partial charge in [0.25, 0.3) is 11.8 Å². The first kappa shape index (κ1) is 18.6. The third-order valence-corrected chi connectivity index (χ3v) is 4.59. The fourth-order valence-corrected chi connectivity index (χ4v) is 3.01. The van der Waals surface area contributed by atoms with Crippen LogP contribution in [0, 0.1) is 0 Å².